The molecule has 0 heterocycles. The standard InChI is InChI=1S/C9H12O4S/c1-7(9(10)14(11,12)13)8-5-3-2-4-6-8/h2-7,9-10H,1H3,(H,11,12,13). The van der Waals surface area contributed by atoms with Gasteiger partial charge in [0.2, 0.25) is 0 Å². The van der Waals surface area contributed by atoms with Gasteiger partial charge in [0, 0.05) is 5.92 Å². The molecule has 0 fully saturated rings. The van der Waals surface area contributed by atoms with Crippen molar-refractivity contribution in [3.8, 4) is 0 Å². The molecule has 0 radical (unpaired) electrons. The molecule has 78 valence electrons. The van der Waals surface area contributed by atoms with Crippen molar-refractivity contribution in [2.24, 2.45) is 0 Å². The number of hydrogen-bond donors (Lipinski definition) is 2. The zero-order valence-corrected chi connectivity index (χ0v) is 8.48. The average Bonchev–Trinajstić information content (AvgIpc) is 2.15. The second-order valence-electron chi connectivity index (χ2n) is 3.10. The molecule has 0 saturated carbocycles. The summed E-state index contributed by atoms with van der Waals surface area (Å²) in [5.41, 5.74) is -1.11. The molecule has 1 rings (SSSR count). The molecule has 0 aliphatic carbocycles. The molecule has 2 N–H and O–H groups in total. The van der Waals surface area contributed by atoms with E-state index in [2.05, 4.69) is 0 Å². The second-order valence-corrected chi connectivity index (χ2v) is 4.62. The Bertz CT molecular complexity index is 385. The van der Waals surface area contributed by atoms with E-state index in [-0.39, 0.29) is 0 Å². The first-order valence-corrected chi connectivity index (χ1v) is 5.62. The predicted octanol–water partition coefficient (Wildman–Crippen LogP) is 0.996. The van der Waals surface area contributed by atoms with Gasteiger partial charge in [-0.05, 0) is 5.56 Å². The molecule has 0 saturated heterocycles. The lowest BCUT2D eigenvalue weighted by molar-refractivity contribution is 0.209. The number of hydrogen-bond acceptors (Lipinski definition) is 3. The Balaban J connectivity index is 2.92. The molecule has 1 aromatic carbocycles. The Labute approximate surface area is 82.9 Å². The topological polar surface area (TPSA) is 74.6 Å². The van der Waals surface area contributed by atoms with Crippen LogP contribution in [0, 0.1) is 0 Å². The van der Waals surface area contributed by atoms with Crippen molar-refractivity contribution in [1.29, 1.82) is 0 Å². The van der Waals surface area contributed by atoms with Crippen LogP contribution in [0.2, 0.25) is 0 Å². The monoisotopic (exact) mass is 216 g/mol. The molecule has 4 nitrogen and oxygen atoms in total. The van der Waals surface area contributed by atoms with E-state index in [0.717, 1.165) is 0 Å². The zero-order valence-electron chi connectivity index (χ0n) is 7.66. The lowest BCUT2D eigenvalue weighted by Crippen LogP contribution is -2.25. The molecule has 14 heavy (non-hydrogen) atoms. The van der Waals surface area contributed by atoms with E-state index < -0.39 is 21.5 Å². The minimum Gasteiger partial charge on any atom is -0.375 e. The van der Waals surface area contributed by atoms with Gasteiger partial charge < -0.3 is 5.11 Å². The van der Waals surface area contributed by atoms with Crippen molar-refractivity contribution in [1.82, 2.24) is 0 Å². The molecule has 0 aliphatic heterocycles. The molecule has 0 amide bonds. The van der Waals surface area contributed by atoms with Crippen LogP contribution in [-0.4, -0.2) is 23.5 Å². The van der Waals surface area contributed by atoms with Crippen LogP contribution in [0.25, 0.3) is 0 Å². The van der Waals surface area contributed by atoms with Crippen LogP contribution in [0.1, 0.15) is 18.4 Å². The van der Waals surface area contributed by atoms with Gasteiger partial charge in [-0.15, -0.1) is 0 Å². The maximum atomic E-state index is 10.7. The van der Waals surface area contributed by atoms with Gasteiger partial charge in [-0.3, -0.25) is 4.55 Å². The summed E-state index contributed by atoms with van der Waals surface area (Å²) in [7, 11) is -4.39. The molecule has 0 aromatic heterocycles. The molecule has 2 atom stereocenters. The van der Waals surface area contributed by atoms with Crippen LogP contribution in [0.4, 0.5) is 0 Å². The lowest BCUT2D eigenvalue weighted by atomic mass is 10.0. The number of rotatable bonds is 3. The summed E-state index contributed by atoms with van der Waals surface area (Å²) >= 11 is 0. The van der Waals surface area contributed by atoms with E-state index in [1.807, 2.05) is 0 Å². The first-order chi connectivity index (χ1) is 6.43. The fourth-order valence-electron chi connectivity index (χ4n) is 1.18. The summed E-state index contributed by atoms with van der Waals surface area (Å²) in [5, 5.41) is 9.27. The van der Waals surface area contributed by atoms with Crippen molar-refractivity contribution in [3.63, 3.8) is 0 Å². The van der Waals surface area contributed by atoms with Gasteiger partial charge in [0.15, 0.2) is 5.44 Å². The summed E-state index contributed by atoms with van der Waals surface area (Å²) in [6.45, 7) is 1.54. The van der Waals surface area contributed by atoms with E-state index in [1.54, 1.807) is 30.3 Å². The number of aliphatic hydroxyl groups is 1. The Morgan fingerprint density at radius 2 is 1.71 bits per heavy atom. The SMILES string of the molecule is CC(c1ccccc1)C(O)S(=O)(=O)O. The number of aliphatic hydroxyl groups excluding tert-OH is 1. The van der Waals surface area contributed by atoms with E-state index in [0.29, 0.717) is 5.56 Å². The minimum absolute atomic E-state index is 0.647. The summed E-state index contributed by atoms with van der Waals surface area (Å²) in [6, 6.07) is 8.65. The Morgan fingerprint density at radius 1 is 1.21 bits per heavy atom. The van der Waals surface area contributed by atoms with Gasteiger partial charge in [-0.2, -0.15) is 8.42 Å². The molecule has 1 aromatic rings. The quantitative estimate of drug-likeness (QED) is 0.739. The molecular weight excluding hydrogens is 204 g/mol. The highest BCUT2D eigenvalue weighted by Crippen LogP contribution is 2.21. The lowest BCUT2D eigenvalue weighted by Gasteiger charge is -2.15. The maximum Gasteiger partial charge on any atom is 0.292 e. The average molecular weight is 216 g/mol. The van der Waals surface area contributed by atoms with E-state index in [4.69, 9.17) is 4.55 Å². The molecule has 0 aliphatic rings. The van der Waals surface area contributed by atoms with E-state index in [9.17, 15) is 13.5 Å². The van der Waals surface area contributed by atoms with Crippen molar-refractivity contribution in [2.45, 2.75) is 18.3 Å². The van der Waals surface area contributed by atoms with E-state index >= 15 is 0 Å². The van der Waals surface area contributed by atoms with Crippen molar-refractivity contribution < 1.29 is 18.1 Å². The van der Waals surface area contributed by atoms with Gasteiger partial charge >= 0.3 is 0 Å². The Kier molecular flexibility index (Phi) is 3.25. The van der Waals surface area contributed by atoms with Gasteiger partial charge in [0.1, 0.15) is 0 Å². The van der Waals surface area contributed by atoms with Gasteiger partial charge in [0.25, 0.3) is 10.1 Å². The Hall–Kier alpha value is -0.910. The van der Waals surface area contributed by atoms with Crippen molar-refractivity contribution in [2.75, 3.05) is 0 Å². The summed E-state index contributed by atoms with van der Waals surface area (Å²) in [4.78, 5) is 0. The fourth-order valence-corrected chi connectivity index (χ4v) is 1.85. The summed E-state index contributed by atoms with van der Waals surface area (Å²) in [6.07, 6.45) is 0. The van der Waals surface area contributed by atoms with Crippen LogP contribution in [0.5, 0.6) is 0 Å². The Morgan fingerprint density at radius 3 is 2.14 bits per heavy atom. The molecule has 5 heteroatoms. The minimum atomic E-state index is -4.39. The van der Waals surface area contributed by atoms with E-state index in [1.165, 1.54) is 6.92 Å². The van der Waals surface area contributed by atoms with Crippen LogP contribution >= 0.6 is 0 Å². The van der Waals surface area contributed by atoms with Crippen LogP contribution < -0.4 is 0 Å². The summed E-state index contributed by atoms with van der Waals surface area (Å²) in [5.74, 6) is -0.647. The van der Waals surface area contributed by atoms with Gasteiger partial charge in [0.05, 0.1) is 0 Å². The third-order valence-electron chi connectivity index (χ3n) is 2.06. The third-order valence-corrected chi connectivity index (χ3v) is 3.08. The first kappa shape index (κ1) is 11.2. The summed E-state index contributed by atoms with van der Waals surface area (Å²) < 4.78 is 29.9. The molecule has 2 unspecified atom stereocenters. The maximum absolute atomic E-state index is 10.7. The molecule has 0 spiro atoms. The highest BCUT2D eigenvalue weighted by molar-refractivity contribution is 7.86. The van der Waals surface area contributed by atoms with Gasteiger partial charge in [-0.1, -0.05) is 37.3 Å². The smallest absolute Gasteiger partial charge is 0.292 e. The normalized spacial score (nSPS) is 16.2. The van der Waals surface area contributed by atoms with Crippen LogP contribution in [0.15, 0.2) is 30.3 Å². The predicted molar refractivity (Wildman–Crippen MR) is 52.4 cm³/mol. The number of benzene rings is 1. The first-order valence-electron chi connectivity index (χ1n) is 4.12. The van der Waals surface area contributed by atoms with Crippen molar-refractivity contribution in [3.05, 3.63) is 35.9 Å². The zero-order chi connectivity index (χ0) is 10.8. The largest absolute Gasteiger partial charge is 0.375 e. The fraction of sp³-hybridized carbons (Fsp3) is 0.333. The highest BCUT2D eigenvalue weighted by Gasteiger charge is 2.27. The third kappa shape index (κ3) is 2.54. The second kappa shape index (κ2) is 4.08. The van der Waals surface area contributed by atoms with Crippen LogP contribution in [-0.2, 0) is 10.1 Å². The van der Waals surface area contributed by atoms with Crippen LogP contribution in [0.3, 0.4) is 0 Å². The van der Waals surface area contributed by atoms with Gasteiger partial charge in [-0.25, -0.2) is 0 Å². The van der Waals surface area contributed by atoms with Crippen molar-refractivity contribution >= 4 is 10.1 Å². The molecule has 0 bridgehead atoms. The molecular formula is C9H12O4S. The highest BCUT2D eigenvalue weighted by atomic mass is 32.2.